The Balaban J connectivity index is 2.39. The molecule has 0 bridgehead atoms. The van der Waals surface area contributed by atoms with E-state index in [0.29, 0.717) is 10.0 Å². The summed E-state index contributed by atoms with van der Waals surface area (Å²) in [5.41, 5.74) is -0.954. The number of carboxylic acids is 1. The van der Waals surface area contributed by atoms with Crippen LogP contribution in [0.4, 0.5) is 0 Å². The van der Waals surface area contributed by atoms with Crippen LogP contribution in [-0.2, 0) is 19.6 Å². The van der Waals surface area contributed by atoms with Crippen LogP contribution in [0.5, 0.6) is 0 Å². The topological polar surface area (TPSA) is 92.7 Å². The van der Waals surface area contributed by atoms with E-state index in [2.05, 4.69) is 20.7 Å². The first-order valence-corrected chi connectivity index (χ1v) is 8.66. The molecule has 1 aliphatic rings. The lowest BCUT2D eigenvalue weighted by Gasteiger charge is -2.33. The Morgan fingerprint density at radius 1 is 1.38 bits per heavy atom. The van der Waals surface area contributed by atoms with Gasteiger partial charge in [-0.15, -0.1) is 0 Å². The third kappa shape index (κ3) is 3.45. The maximum absolute atomic E-state index is 12.5. The fraction of sp³-hybridized carbons (Fsp3) is 0.462. The predicted octanol–water partition coefficient (Wildman–Crippen LogP) is 1.67. The van der Waals surface area contributed by atoms with Gasteiger partial charge in [-0.1, -0.05) is 22.0 Å². The van der Waals surface area contributed by atoms with Crippen molar-refractivity contribution in [2.24, 2.45) is 0 Å². The second kappa shape index (κ2) is 6.04. The number of halogens is 1. The van der Waals surface area contributed by atoms with Gasteiger partial charge in [-0.3, -0.25) is 4.79 Å². The van der Waals surface area contributed by atoms with Crippen LogP contribution < -0.4 is 4.72 Å². The number of carboxylic acid groups (broad SMARTS) is 1. The summed E-state index contributed by atoms with van der Waals surface area (Å²) in [6.45, 7) is 2.09. The van der Waals surface area contributed by atoms with E-state index in [1.54, 1.807) is 19.1 Å². The second-order valence-corrected chi connectivity index (χ2v) is 7.58. The summed E-state index contributed by atoms with van der Waals surface area (Å²) in [5.74, 6) is -1.18. The maximum Gasteiger partial charge on any atom is 0.325 e. The van der Waals surface area contributed by atoms with Crippen molar-refractivity contribution >= 4 is 31.9 Å². The Kier molecular flexibility index (Phi) is 4.72. The summed E-state index contributed by atoms with van der Waals surface area (Å²) in [6, 6.07) is 4.86. The molecule has 21 heavy (non-hydrogen) atoms. The van der Waals surface area contributed by atoms with Gasteiger partial charge in [0.05, 0.1) is 4.90 Å². The second-order valence-electron chi connectivity index (χ2n) is 5.01. The molecule has 1 aromatic carbocycles. The van der Waals surface area contributed by atoms with Crippen LogP contribution in [0.25, 0.3) is 0 Å². The van der Waals surface area contributed by atoms with E-state index < -0.39 is 21.5 Å². The fourth-order valence-corrected chi connectivity index (χ4v) is 4.46. The molecular formula is C13H16BrNO5S. The molecule has 1 aromatic rings. The number of hydrogen-bond donors (Lipinski definition) is 2. The van der Waals surface area contributed by atoms with E-state index in [1.807, 2.05) is 0 Å². The first-order valence-electron chi connectivity index (χ1n) is 6.38. The highest BCUT2D eigenvalue weighted by Gasteiger charge is 2.44. The summed E-state index contributed by atoms with van der Waals surface area (Å²) < 4.78 is 33.2. The van der Waals surface area contributed by atoms with Crippen LogP contribution >= 0.6 is 15.9 Å². The molecule has 2 rings (SSSR count). The Labute approximate surface area is 131 Å². The molecule has 1 heterocycles. The molecule has 1 saturated heterocycles. The van der Waals surface area contributed by atoms with Gasteiger partial charge < -0.3 is 9.84 Å². The monoisotopic (exact) mass is 377 g/mol. The molecular weight excluding hydrogens is 362 g/mol. The molecule has 0 saturated carbocycles. The zero-order valence-corrected chi connectivity index (χ0v) is 13.8. The van der Waals surface area contributed by atoms with Gasteiger partial charge in [0, 0.05) is 30.5 Å². The molecule has 0 radical (unpaired) electrons. The van der Waals surface area contributed by atoms with Crippen molar-refractivity contribution in [3.8, 4) is 0 Å². The number of hydrogen-bond acceptors (Lipinski definition) is 4. The first-order chi connectivity index (χ1) is 9.77. The Morgan fingerprint density at radius 2 is 2.00 bits per heavy atom. The number of benzene rings is 1. The van der Waals surface area contributed by atoms with Crippen LogP contribution in [0.2, 0.25) is 0 Å². The van der Waals surface area contributed by atoms with Crippen LogP contribution in [0.3, 0.4) is 0 Å². The molecule has 116 valence electrons. The minimum Gasteiger partial charge on any atom is -0.480 e. The number of ether oxygens (including phenoxy) is 1. The maximum atomic E-state index is 12.5. The Hall–Kier alpha value is -0.960. The Bertz CT molecular complexity index is 653. The van der Waals surface area contributed by atoms with E-state index in [1.165, 1.54) is 6.07 Å². The zero-order chi connectivity index (χ0) is 15.7. The minimum atomic E-state index is -3.93. The molecule has 1 fully saturated rings. The van der Waals surface area contributed by atoms with E-state index in [4.69, 9.17) is 4.74 Å². The number of aryl methyl sites for hydroxylation is 1. The third-order valence-corrected chi connectivity index (χ3v) is 5.70. The number of sulfonamides is 1. The number of aliphatic carboxylic acids is 1. The molecule has 0 aliphatic carbocycles. The van der Waals surface area contributed by atoms with Crippen LogP contribution in [-0.4, -0.2) is 38.2 Å². The summed E-state index contributed by atoms with van der Waals surface area (Å²) in [7, 11) is -3.93. The van der Waals surface area contributed by atoms with E-state index in [0.717, 1.165) is 0 Å². The highest BCUT2D eigenvalue weighted by Crippen LogP contribution is 2.26. The zero-order valence-electron chi connectivity index (χ0n) is 11.4. The first kappa shape index (κ1) is 16.4. The van der Waals surface area contributed by atoms with Crippen molar-refractivity contribution < 1.29 is 23.1 Å². The van der Waals surface area contributed by atoms with Gasteiger partial charge in [0.25, 0.3) is 0 Å². The Morgan fingerprint density at radius 3 is 2.57 bits per heavy atom. The average molecular weight is 378 g/mol. The molecule has 6 nitrogen and oxygen atoms in total. The molecule has 0 atom stereocenters. The lowest BCUT2D eigenvalue weighted by Crippen LogP contribution is -2.57. The lowest BCUT2D eigenvalue weighted by molar-refractivity contribution is -0.147. The van der Waals surface area contributed by atoms with E-state index >= 15 is 0 Å². The largest absolute Gasteiger partial charge is 0.480 e. The van der Waals surface area contributed by atoms with Crippen molar-refractivity contribution in [2.75, 3.05) is 13.2 Å². The molecule has 0 aromatic heterocycles. The van der Waals surface area contributed by atoms with Gasteiger partial charge in [0.15, 0.2) is 0 Å². The van der Waals surface area contributed by atoms with Gasteiger partial charge in [-0.25, -0.2) is 8.42 Å². The number of carbonyl (C=O) groups is 1. The summed E-state index contributed by atoms with van der Waals surface area (Å²) in [4.78, 5) is 11.6. The van der Waals surface area contributed by atoms with Crippen molar-refractivity contribution in [1.29, 1.82) is 0 Å². The predicted molar refractivity (Wildman–Crippen MR) is 79.6 cm³/mol. The normalized spacial score (nSPS) is 18.4. The van der Waals surface area contributed by atoms with Gasteiger partial charge >= 0.3 is 5.97 Å². The van der Waals surface area contributed by atoms with E-state index in [9.17, 15) is 18.3 Å². The quantitative estimate of drug-likeness (QED) is 0.832. The summed E-state index contributed by atoms with van der Waals surface area (Å²) in [5, 5.41) is 9.43. The lowest BCUT2D eigenvalue weighted by atomic mass is 9.92. The van der Waals surface area contributed by atoms with Crippen molar-refractivity contribution in [3.63, 3.8) is 0 Å². The van der Waals surface area contributed by atoms with E-state index in [-0.39, 0.29) is 31.0 Å². The van der Waals surface area contributed by atoms with Gasteiger partial charge in [0.1, 0.15) is 5.54 Å². The van der Waals surface area contributed by atoms with Crippen molar-refractivity contribution in [1.82, 2.24) is 4.72 Å². The molecule has 2 N–H and O–H groups in total. The van der Waals surface area contributed by atoms with Gasteiger partial charge in [0.2, 0.25) is 10.0 Å². The van der Waals surface area contributed by atoms with Crippen molar-refractivity contribution in [2.45, 2.75) is 30.2 Å². The number of rotatable bonds is 4. The van der Waals surface area contributed by atoms with Gasteiger partial charge in [-0.2, -0.15) is 4.72 Å². The van der Waals surface area contributed by atoms with Gasteiger partial charge in [-0.05, 0) is 24.6 Å². The van der Waals surface area contributed by atoms with Crippen LogP contribution in [0, 0.1) is 6.92 Å². The smallest absolute Gasteiger partial charge is 0.325 e. The molecule has 8 heteroatoms. The third-order valence-electron chi connectivity index (χ3n) is 3.53. The molecule has 0 amide bonds. The van der Waals surface area contributed by atoms with Crippen LogP contribution in [0.15, 0.2) is 27.6 Å². The number of nitrogens with one attached hydrogen (secondary N) is 1. The highest BCUT2D eigenvalue weighted by atomic mass is 79.9. The summed E-state index contributed by atoms with van der Waals surface area (Å²) in [6.07, 6.45) is 0.212. The average Bonchev–Trinajstić information content (AvgIpc) is 2.42. The minimum absolute atomic E-state index is 0.0731. The molecule has 0 unspecified atom stereocenters. The molecule has 0 spiro atoms. The SMILES string of the molecule is Cc1ccc(Br)cc1S(=O)(=O)NC1(C(=O)O)CCOCC1. The summed E-state index contributed by atoms with van der Waals surface area (Å²) >= 11 is 3.23. The van der Waals surface area contributed by atoms with Crippen molar-refractivity contribution in [3.05, 3.63) is 28.2 Å². The molecule has 1 aliphatic heterocycles. The van der Waals surface area contributed by atoms with Crippen LogP contribution in [0.1, 0.15) is 18.4 Å². The standard InChI is InChI=1S/C13H16BrNO5S/c1-9-2-3-10(14)8-11(9)21(18,19)15-13(12(16)17)4-6-20-7-5-13/h2-3,8,15H,4-7H2,1H3,(H,16,17). The highest BCUT2D eigenvalue weighted by molar-refractivity contribution is 9.10. The fourth-order valence-electron chi connectivity index (χ4n) is 2.26.